The zero-order chi connectivity index (χ0) is 20.2. The average Bonchev–Trinajstić information content (AvgIpc) is 3.23. The second-order valence-electron chi connectivity index (χ2n) is 6.97. The summed E-state index contributed by atoms with van der Waals surface area (Å²) in [6.45, 7) is 2.62. The molecule has 1 amide bonds. The molecule has 29 heavy (non-hydrogen) atoms. The van der Waals surface area contributed by atoms with Gasteiger partial charge in [-0.15, -0.1) is 5.10 Å². The molecule has 1 aliphatic heterocycles. The Kier molecular flexibility index (Phi) is 5.53. The number of anilines is 1. The van der Waals surface area contributed by atoms with Crippen molar-refractivity contribution in [1.29, 1.82) is 0 Å². The van der Waals surface area contributed by atoms with Crippen molar-refractivity contribution in [1.82, 2.24) is 19.7 Å². The molecule has 4 rings (SSSR count). The van der Waals surface area contributed by atoms with Crippen LogP contribution in [0.1, 0.15) is 22.3 Å². The molecule has 2 aromatic carbocycles. The number of piperazine rings is 1. The van der Waals surface area contributed by atoms with Crippen LogP contribution in [-0.2, 0) is 6.54 Å². The Morgan fingerprint density at radius 2 is 1.72 bits per heavy atom. The van der Waals surface area contributed by atoms with Gasteiger partial charge in [0, 0.05) is 31.9 Å². The van der Waals surface area contributed by atoms with Crippen molar-refractivity contribution in [3.8, 4) is 0 Å². The predicted octanol–water partition coefficient (Wildman–Crippen LogP) is 2.11. The van der Waals surface area contributed by atoms with Gasteiger partial charge < -0.3 is 14.9 Å². The summed E-state index contributed by atoms with van der Waals surface area (Å²) in [6, 6.07) is 15.7. The average molecular weight is 395 g/mol. The Morgan fingerprint density at radius 1 is 1.03 bits per heavy atom. The van der Waals surface area contributed by atoms with Crippen molar-refractivity contribution >= 4 is 11.6 Å². The molecular formula is C21H22FN5O2. The fraction of sp³-hybridized carbons (Fsp3) is 0.286. The maximum absolute atomic E-state index is 13.1. The monoisotopic (exact) mass is 395 g/mol. The van der Waals surface area contributed by atoms with E-state index in [4.69, 9.17) is 0 Å². The number of benzene rings is 2. The molecule has 0 spiro atoms. The molecule has 0 unspecified atom stereocenters. The lowest BCUT2D eigenvalue weighted by atomic mass is 10.1. The molecule has 0 aliphatic carbocycles. The van der Waals surface area contributed by atoms with E-state index in [-0.39, 0.29) is 24.1 Å². The van der Waals surface area contributed by atoms with Gasteiger partial charge in [0.05, 0.1) is 12.6 Å². The Morgan fingerprint density at radius 3 is 2.41 bits per heavy atom. The van der Waals surface area contributed by atoms with Crippen molar-refractivity contribution in [3.63, 3.8) is 0 Å². The smallest absolute Gasteiger partial charge is 0.293 e. The predicted molar refractivity (Wildman–Crippen MR) is 106 cm³/mol. The minimum Gasteiger partial charge on any atom is -0.386 e. The lowest BCUT2D eigenvalue weighted by molar-refractivity contribution is 0.0733. The Balaban J connectivity index is 1.34. The molecule has 7 nitrogen and oxygen atoms in total. The summed E-state index contributed by atoms with van der Waals surface area (Å²) in [5, 5.41) is 14.5. The number of aromatic nitrogens is 3. The Hall–Kier alpha value is -3.26. The van der Waals surface area contributed by atoms with Crippen LogP contribution in [0.4, 0.5) is 10.1 Å². The van der Waals surface area contributed by atoms with Gasteiger partial charge in [0.25, 0.3) is 5.91 Å². The van der Waals surface area contributed by atoms with Crippen molar-refractivity contribution in [2.75, 3.05) is 31.1 Å². The molecule has 1 aliphatic rings. The van der Waals surface area contributed by atoms with Crippen LogP contribution < -0.4 is 4.90 Å². The van der Waals surface area contributed by atoms with E-state index in [0.29, 0.717) is 26.2 Å². The van der Waals surface area contributed by atoms with Gasteiger partial charge in [-0.2, -0.15) is 0 Å². The maximum atomic E-state index is 13.1. The third-order valence-corrected chi connectivity index (χ3v) is 5.03. The van der Waals surface area contributed by atoms with Gasteiger partial charge >= 0.3 is 0 Å². The second-order valence-corrected chi connectivity index (χ2v) is 6.97. The van der Waals surface area contributed by atoms with E-state index in [1.807, 2.05) is 30.3 Å². The van der Waals surface area contributed by atoms with Gasteiger partial charge in [0.2, 0.25) is 5.82 Å². The Labute approximate surface area is 168 Å². The summed E-state index contributed by atoms with van der Waals surface area (Å²) >= 11 is 0. The van der Waals surface area contributed by atoms with E-state index < -0.39 is 6.10 Å². The largest absolute Gasteiger partial charge is 0.386 e. The number of hydrogen-bond acceptors (Lipinski definition) is 5. The van der Waals surface area contributed by atoms with Crippen LogP contribution in [0.5, 0.6) is 0 Å². The summed E-state index contributed by atoms with van der Waals surface area (Å²) in [7, 11) is 0. The molecule has 1 fully saturated rings. The van der Waals surface area contributed by atoms with Crippen molar-refractivity contribution < 1.29 is 14.3 Å². The molecule has 0 bridgehead atoms. The van der Waals surface area contributed by atoms with Crippen LogP contribution in [0.25, 0.3) is 0 Å². The van der Waals surface area contributed by atoms with Crippen LogP contribution in [0.3, 0.4) is 0 Å². The standard InChI is InChI=1S/C21H22FN5O2/c22-17-6-8-18(9-7-17)25-10-12-26(13-11-25)21(29)20-23-15-27(24-20)14-19(28)16-4-2-1-3-5-16/h1-9,15,19,28H,10-14H2/t19-/m1/s1. The van der Waals surface area contributed by atoms with E-state index in [9.17, 15) is 14.3 Å². The molecule has 0 radical (unpaired) electrons. The van der Waals surface area contributed by atoms with E-state index in [1.165, 1.54) is 23.1 Å². The van der Waals surface area contributed by atoms with Crippen LogP contribution in [0.15, 0.2) is 60.9 Å². The van der Waals surface area contributed by atoms with Gasteiger partial charge in [0.1, 0.15) is 12.1 Å². The molecule has 1 saturated heterocycles. The number of amides is 1. The third-order valence-electron chi connectivity index (χ3n) is 5.03. The lowest BCUT2D eigenvalue weighted by Gasteiger charge is -2.35. The fourth-order valence-electron chi connectivity index (χ4n) is 3.40. The number of carbonyl (C=O) groups is 1. The zero-order valence-corrected chi connectivity index (χ0v) is 15.9. The summed E-state index contributed by atoms with van der Waals surface area (Å²) < 4.78 is 14.6. The number of aliphatic hydroxyl groups is 1. The Bertz CT molecular complexity index is 953. The summed E-state index contributed by atoms with van der Waals surface area (Å²) in [5.41, 5.74) is 1.73. The normalized spacial score (nSPS) is 15.4. The van der Waals surface area contributed by atoms with Crippen LogP contribution in [0.2, 0.25) is 0 Å². The zero-order valence-electron chi connectivity index (χ0n) is 15.9. The third kappa shape index (κ3) is 4.43. The minimum atomic E-state index is -0.722. The molecular weight excluding hydrogens is 373 g/mol. The topological polar surface area (TPSA) is 74.5 Å². The molecule has 1 aromatic heterocycles. The first-order valence-corrected chi connectivity index (χ1v) is 9.52. The molecule has 1 N–H and O–H groups in total. The van der Waals surface area contributed by atoms with Gasteiger partial charge in [-0.1, -0.05) is 30.3 Å². The molecule has 0 saturated carbocycles. The summed E-state index contributed by atoms with van der Waals surface area (Å²) in [6.07, 6.45) is 0.744. The molecule has 150 valence electrons. The first-order valence-electron chi connectivity index (χ1n) is 9.52. The number of rotatable bonds is 5. The fourth-order valence-corrected chi connectivity index (χ4v) is 3.40. The van der Waals surface area contributed by atoms with Crippen molar-refractivity contribution in [3.05, 3.63) is 78.1 Å². The van der Waals surface area contributed by atoms with Gasteiger partial charge in [0.15, 0.2) is 0 Å². The van der Waals surface area contributed by atoms with E-state index in [1.54, 1.807) is 17.0 Å². The van der Waals surface area contributed by atoms with Crippen molar-refractivity contribution in [2.45, 2.75) is 12.6 Å². The van der Waals surface area contributed by atoms with Crippen molar-refractivity contribution in [2.24, 2.45) is 0 Å². The number of halogens is 1. The molecule has 8 heteroatoms. The SMILES string of the molecule is O=C(c1ncn(C[C@@H](O)c2ccccc2)n1)N1CCN(c2ccc(F)cc2)CC1. The molecule has 1 atom stereocenters. The van der Waals surface area contributed by atoms with Gasteiger partial charge in [-0.05, 0) is 29.8 Å². The molecule has 3 aromatic rings. The first-order chi connectivity index (χ1) is 14.1. The quantitative estimate of drug-likeness (QED) is 0.716. The van der Waals surface area contributed by atoms with Crippen LogP contribution in [0, 0.1) is 5.82 Å². The van der Waals surface area contributed by atoms with Gasteiger partial charge in [-0.3, -0.25) is 4.79 Å². The highest BCUT2D eigenvalue weighted by Crippen LogP contribution is 2.18. The highest BCUT2D eigenvalue weighted by atomic mass is 19.1. The highest BCUT2D eigenvalue weighted by Gasteiger charge is 2.25. The second kappa shape index (κ2) is 8.40. The van der Waals surface area contributed by atoms with E-state index in [2.05, 4.69) is 15.0 Å². The van der Waals surface area contributed by atoms with E-state index in [0.717, 1.165) is 11.3 Å². The summed E-state index contributed by atoms with van der Waals surface area (Å²) in [5.74, 6) is -0.362. The number of aliphatic hydroxyl groups excluding tert-OH is 1. The number of nitrogens with zero attached hydrogens (tertiary/aromatic N) is 5. The highest BCUT2D eigenvalue weighted by molar-refractivity contribution is 5.90. The van der Waals surface area contributed by atoms with E-state index >= 15 is 0 Å². The van der Waals surface area contributed by atoms with Crippen LogP contribution >= 0.6 is 0 Å². The maximum Gasteiger partial charge on any atom is 0.293 e. The number of carbonyl (C=O) groups excluding carboxylic acids is 1. The first kappa shape index (κ1) is 19.1. The lowest BCUT2D eigenvalue weighted by Crippen LogP contribution is -2.49. The van der Waals surface area contributed by atoms with Gasteiger partial charge in [-0.25, -0.2) is 14.1 Å². The number of hydrogen-bond donors (Lipinski definition) is 1. The summed E-state index contributed by atoms with van der Waals surface area (Å²) in [4.78, 5) is 20.7. The minimum absolute atomic E-state index is 0.125. The molecule has 2 heterocycles. The van der Waals surface area contributed by atoms with Crippen LogP contribution in [-0.4, -0.2) is 56.9 Å².